The Morgan fingerprint density at radius 2 is 2.25 bits per heavy atom. The van der Waals surface area contributed by atoms with Crippen molar-refractivity contribution in [2.45, 2.75) is 39.3 Å². The SMILES string of the molecule is CCc1cccnc1CNC(=O)C(C)(C)O. The third kappa shape index (κ3) is 3.31. The molecule has 0 aromatic carbocycles. The minimum atomic E-state index is -1.35. The van der Waals surface area contributed by atoms with E-state index in [0.717, 1.165) is 17.7 Å². The van der Waals surface area contributed by atoms with Gasteiger partial charge in [-0.1, -0.05) is 13.0 Å². The fraction of sp³-hybridized carbons (Fsp3) is 0.500. The third-order valence-corrected chi connectivity index (χ3v) is 2.34. The Morgan fingerprint density at radius 1 is 1.56 bits per heavy atom. The van der Waals surface area contributed by atoms with E-state index in [9.17, 15) is 9.90 Å². The quantitative estimate of drug-likeness (QED) is 0.800. The Morgan fingerprint density at radius 3 is 2.81 bits per heavy atom. The summed E-state index contributed by atoms with van der Waals surface area (Å²) in [4.78, 5) is 15.7. The molecule has 0 fully saturated rings. The first-order chi connectivity index (χ1) is 7.45. The average molecular weight is 222 g/mol. The summed E-state index contributed by atoms with van der Waals surface area (Å²) in [5.41, 5.74) is 0.613. The van der Waals surface area contributed by atoms with E-state index in [4.69, 9.17) is 0 Å². The van der Waals surface area contributed by atoms with Crippen LogP contribution in [-0.4, -0.2) is 21.6 Å². The van der Waals surface area contributed by atoms with E-state index in [-0.39, 0.29) is 5.91 Å². The summed E-state index contributed by atoms with van der Waals surface area (Å²) >= 11 is 0. The normalized spacial score (nSPS) is 11.2. The molecule has 1 aromatic heterocycles. The van der Waals surface area contributed by atoms with Crippen LogP contribution in [0.2, 0.25) is 0 Å². The topological polar surface area (TPSA) is 62.2 Å². The second-order valence-corrected chi connectivity index (χ2v) is 4.20. The van der Waals surface area contributed by atoms with Gasteiger partial charge in [-0.3, -0.25) is 9.78 Å². The molecule has 2 N–H and O–H groups in total. The number of aliphatic hydroxyl groups is 1. The first kappa shape index (κ1) is 12.6. The minimum absolute atomic E-state index is 0.354. The van der Waals surface area contributed by atoms with Crippen molar-refractivity contribution in [1.82, 2.24) is 10.3 Å². The molecule has 0 aliphatic heterocycles. The lowest BCUT2D eigenvalue weighted by Gasteiger charge is -2.17. The molecule has 4 heteroatoms. The highest BCUT2D eigenvalue weighted by atomic mass is 16.3. The molecule has 88 valence electrons. The molecule has 1 amide bonds. The van der Waals surface area contributed by atoms with Gasteiger partial charge < -0.3 is 10.4 Å². The van der Waals surface area contributed by atoms with E-state index in [0.29, 0.717) is 6.54 Å². The van der Waals surface area contributed by atoms with Gasteiger partial charge in [-0.25, -0.2) is 0 Å². The lowest BCUT2D eigenvalue weighted by Crippen LogP contribution is -2.41. The number of nitrogens with one attached hydrogen (secondary N) is 1. The number of carbonyl (C=O) groups excluding carboxylic acids is 1. The Hall–Kier alpha value is -1.42. The van der Waals surface area contributed by atoms with Crippen LogP contribution in [0, 0.1) is 0 Å². The number of rotatable bonds is 4. The highest BCUT2D eigenvalue weighted by molar-refractivity contribution is 5.83. The van der Waals surface area contributed by atoms with Gasteiger partial charge in [0.2, 0.25) is 0 Å². The number of carbonyl (C=O) groups is 1. The van der Waals surface area contributed by atoms with E-state index in [2.05, 4.69) is 10.3 Å². The summed E-state index contributed by atoms with van der Waals surface area (Å²) in [6.45, 7) is 5.31. The first-order valence-corrected chi connectivity index (χ1v) is 5.38. The smallest absolute Gasteiger partial charge is 0.251 e. The maximum Gasteiger partial charge on any atom is 0.251 e. The van der Waals surface area contributed by atoms with E-state index in [1.54, 1.807) is 6.20 Å². The van der Waals surface area contributed by atoms with E-state index < -0.39 is 5.60 Å². The fourth-order valence-corrected chi connectivity index (χ4v) is 1.33. The molecule has 1 aromatic rings. The molecule has 0 saturated carbocycles. The van der Waals surface area contributed by atoms with Crippen LogP contribution >= 0.6 is 0 Å². The first-order valence-electron chi connectivity index (χ1n) is 5.38. The number of hydrogen-bond donors (Lipinski definition) is 2. The number of amides is 1. The van der Waals surface area contributed by atoms with Crippen LogP contribution < -0.4 is 5.32 Å². The van der Waals surface area contributed by atoms with Gasteiger partial charge in [0, 0.05) is 6.20 Å². The van der Waals surface area contributed by atoms with Gasteiger partial charge in [-0.15, -0.1) is 0 Å². The van der Waals surface area contributed by atoms with Crippen molar-refractivity contribution in [3.8, 4) is 0 Å². The molecular formula is C12H18N2O2. The maximum absolute atomic E-state index is 11.4. The monoisotopic (exact) mass is 222 g/mol. The van der Waals surface area contributed by atoms with Gasteiger partial charge in [0.25, 0.3) is 5.91 Å². The molecule has 0 spiro atoms. The van der Waals surface area contributed by atoms with Crippen LogP contribution in [0.3, 0.4) is 0 Å². The highest BCUT2D eigenvalue weighted by Crippen LogP contribution is 2.07. The summed E-state index contributed by atoms with van der Waals surface area (Å²) in [6.07, 6.45) is 2.58. The lowest BCUT2D eigenvalue weighted by molar-refractivity contribution is -0.136. The zero-order valence-electron chi connectivity index (χ0n) is 9.95. The van der Waals surface area contributed by atoms with Crippen LogP contribution in [-0.2, 0) is 17.8 Å². The van der Waals surface area contributed by atoms with Crippen molar-refractivity contribution in [3.05, 3.63) is 29.6 Å². The Labute approximate surface area is 95.7 Å². The summed E-state index contributed by atoms with van der Waals surface area (Å²) in [6, 6.07) is 3.86. The summed E-state index contributed by atoms with van der Waals surface area (Å²) in [7, 11) is 0. The predicted octanol–water partition coefficient (Wildman–Crippen LogP) is 1.03. The van der Waals surface area contributed by atoms with Crippen molar-refractivity contribution in [2.24, 2.45) is 0 Å². The van der Waals surface area contributed by atoms with Gasteiger partial charge in [-0.05, 0) is 31.9 Å². The molecule has 0 saturated heterocycles. The van der Waals surface area contributed by atoms with Gasteiger partial charge in [-0.2, -0.15) is 0 Å². The maximum atomic E-state index is 11.4. The van der Waals surface area contributed by atoms with Gasteiger partial charge >= 0.3 is 0 Å². The van der Waals surface area contributed by atoms with Gasteiger partial charge in [0.15, 0.2) is 0 Å². The number of pyridine rings is 1. The van der Waals surface area contributed by atoms with Crippen molar-refractivity contribution < 1.29 is 9.90 Å². The van der Waals surface area contributed by atoms with Crippen molar-refractivity contribution in [3.63, 3.8) is 0 Å². The molecule has 0 aliphatic rings. The van der Waals surface area contributed by atoms with Crippen LogP contribution in [0.1, 0.15) is 32.0 Å². The molecule has 0 aliphatic carbocycles. The zero-order chi connectivity index (χ0) is 12.2. The predicted molar refractivity (Wildman–Crippen MR) is 61.8 cm³/mol. The minimum Gasteiger partial charge on any atom is -0.381 e. The summed E-state index contributed by atoms with van der Waals surface area (Å²) in [5, 5.41) is 12.1. The molecule has 4 nitrogen and oxygen atoms in total. The Kier molecular flexibility index (Phi) is 4.01. The fourth-order valence-electron chi connectivity index (χ4n) is 1.33. The highest BCUT2D eigenvalue weighted by Gasteiger charge is 2.23. The molecule has 0 bridgehead atoms. The van der Waals surface area contributed by atoms with Crippen LogP contribution in [0.25, 0.3) is 0 Å². The zero-order valence-corrected chi connectivity index (χ0v) is 9.95. The van der Waals surface area contributed by atoms with Crippen molar-refractivity contribution in [2.75, 3.05) is 0 Å². The molecule has 0 unspecified atom stereocenters. The summed E-state index contributed by atoms with van der Waals surface area (Å²) < 4.78 is 0. The van der Waals surface area contributed by atoms with Crippen LogP contribution in [0.5, 0.6) is 0 Å². The Bertz CT molecular complexity index is 370. The molecule has 0 radical (unpaired) electrons. The second-order valence-electron chi connectivity index (χ2n) is 4.20. The standard InChI is InChI=1S/C12H18N2O2/c1-4-9-6-5-7-13-10(9)8-14-11(15)12(2,3)16/h5-7,16H,4,8H2,1-3H3,(H,14,15). The van der Waals surface area contributed by atoms with Crippen molar-refractivity contribution >= 4 is 5.91 Å². The van der Waals surface area contributed by atoms with E-state index in [1.165, 1.54) is 13.8 Å². The Balaban J connectivity index is 2.65. The van der Waals surface area contributed by atoms with Gasteiger partial charge in [0.1, 0.15) is 5.60 Å². The molecule has 0 atom stereocenters. The van der Waals surface area contributed by atoms with Crippen LogP contribution in [0.4, 0.5) is 0 Å². The molecular weight excluding hydrogens is 204 g/mol. The molecule has 16 heavy (non-hydrogen) atoms. The molecule has 1 rings (SSSR count). The van der Waals surface area contributed by atoms with E-state index in [1.807, 2.05) is 19.1 Å². The largest absolute Gasteiger partial charge is 0.381 e. The van der Waals surface area contributed by atoms with Crippen molar-refractivity contribution in [1.29, 1.82) is 0 Å². The molecule has 1 heterocycles. The van der Waals surface area contributed by atoms with Crippen LogP contribution in [0.15, 0.2) is 18.3 Å². The second kappa shape index (κ2) is 5.07. The lowest BCUT2D eigenvalue weighted by atomic mass is 10.1. The number of aryl methyl sites for hydroxylation is 1. The van der Waals surface area contributed by atoms with Gasteiger partial charge in [0.05, 0.1) is 12.2 Å². The average Bonchev–Trinajstić information content (AvgIpc) is 2.24. The summed E-state index contributed by atoms with van der Waals surface area (Å²) in [5.74, 6) is -0.389. The number of aromatic nitrogens is 1. The number of nitrogens with zero attached hydrogens (tertiary/aromatic N) is 1. The van der Waals surface area contributed by atoms with E-state index >= 15 is 0 Å². The number of hydrogen-bond acceptors (Lipinski definition) is 3. The third-order valence-electron chi connectivity index (χ3n) is 2.34.